The number of ketones is 1. The van der Waals surface area contributed by atoms with E-state index in [1.807, 2.05) is 0 Å². The smallest absolute Gasteiger partial charge is 0.303 e. The normalized spacial score (nSPS) is 24.6. The van der Waals surface area contributed by atoms with Gasteiger partial charge < -0.3 is 15.3 Å². The zero-order chi connectivity index (χ0) is 18.7. The Kier molecular flexibility index (Phi) is 11.0. The number of carboxylic acid groups (broad SMARTS) is 1. The molecule has 0 aromatic heterocycles. The van der Waals surface area contributed by atoms with Crippen LogP contribution in [0.4, 0.5) is 0 Å². The van der Waals surface area contributed by atoms with Gasteiger partial charge in [0.25, 0.3) is 0 Å². The number of unbranched alkanes of at least 4 members (excludes halogenated alkanes) is 5. The van der Waals surface area contributed by atoms with Gasteiger partial charge in [-0.1, -0.05) is 45.4 Å². The predicted molar refractivity (Wildman–Crippen MR) is 97.3 cm³/mol. The minimum atomic E-state index is -0.758. The van der Waals surface area contributed by atoms with Crippen molar-refractivity contribution in [3.05, 3.63) is 0 Å². The molecule has 1 saturated carbocycles. The van der Waals surface area contributed by atoms with E-state index in [0.717, 1.165) is 51.4 Å². The quantitative estimate of drug-likeness (QED) is 0.413. The number of hydrogen-bond donors (Lipinski definition) is 3. The van der Waals surface area contributed by atoms with Gasteiger partial charge in [-0.2, -0.15) is 0 Å². The first kappa shape index (κ1) is 22.1. The van der Waals surface area contributed by atoms with Gasteiger partial charge in [0.15, 0.2) is 0 Å². The van der Waals surface area contributed by atoms with E-state index in [1.54, 1.807) is 0 Å². The molecular weight excluding hydrogens is 320 g/mol. The minimum absolute atomic E-state index is 0.0210. The van der Waals surface area contributed by atoms with Gasteiger partial charge in [0.05, 0.1) is 12.2 Å². The molecule has 0 aliphatic heterocycles. The van der Waals surface area contributed by atoms with Gasteiger partial charge in [-0.05, 0) is 38.0 Å². The van der Waals surface area contributed by atoms with E-state index in [-0.39, 0.29) is 36.6 Å². The van der Waals surface area contributed by atoms with Crippen LogP contribution in [0.25, 0.3) is 0 Å². The van der Waals surface area contributed by atoms with Crippen LogP contribution < -0.4 is 0 Å². The number of carbonyl (C=O) groups excluding carboxylic acids is 1. The Labute approximate surface area is 151 Å². The highest BCUT2D eigenvalue weighted by atomic mass is 16.4. The standard InChI is InChI=1S/C20H36O5/c1-2-3-6-9-15(21)12-13-17-16(18(22)14-19(17)23)10-7-4-5-8-11-20(24)25/h15-17,19,21,23H,2-14H2,1H3,(H,24,25)/t15?,16-,17-,19?/m1/s1. The van der Waals surface area contributed by atoms with Gasteiger partial charge in [0, 0.05) is 18.8 Å². The molecule has 0 spiro atoms. The summed E-state index contributed by atoms with van der Waals surface area (Å²) in [6, 6.07) is 0. The summed E-state index contributed by atoms with van der Waals surface area (Å²) >= 11 is 0. The lowest BCUT2D eigenvalue weighted by atomic mass is 9.85. The first-order valence-electron chi connectivity index (χ1n) is 10.1. The summed E-state index contributed by atoms with van der Waals surface area (Å²) in [7, 11) is 0. The molecule has 1 aliphatic rings. The predicted octanol–water partition coefficient (Wildman–Crippen LogP) is 3.70. The fraction of sp³-hybridized carbons (Fsp3) is 0.900. The average molecular weight is 357 g/mol. The highest BCUT2D eigenvalue weighted by molar-refractivity contribution is 5.84. The Hall–Kier alpha value is -0.940. The van der Waals surface area contributed by atoms with Crippen LogP contribution in [-0.2, 0) is 9.59 Å². The second kappa shape index (κ2) is 12.4. The summed E-state index contributed by atoms with van der Waals surface area (Å²) in [5, 5.41) is 28.9. The minimum Gasteiger partial charge on any atom is -0.481 e. The molecule has 5 nitrogen and oxygen atoms in total. The molecule has 0 aromatic carbocycles. The SMILES string of the molecule is CCCCCC(O)CC[C@H]1C(O)CC(=O)[C@@H]1CCCCCCC(=O)O. The molecule has 0 aromatic rings. The van der Waals surface area contributed by atoms with Crippen molar-refractivity contribution >= 4 is 11.8 Å². The number of Topliss-reactive ketones (excluding diaryl/α,β-unsaturated/α-hetero) is 1. The summed E-state index contributed by atoms with van der Waals surface area (Å²) < 4.78 is 0. The first-order chi connectivity index (χ1) is 12.0. The van der Waals surface area contributed by atoms with Crippen molar-refractivity contribution in [2.24, 2.45) is 11.8 Å². The van der Waals surface area contributed by atoms with Crippen LogP contribution in [0, 0.1) is 11.8 Å². The van der Waals surface area contributed by atoms with Crippen LogP contribution in [-0.4, -0.2) is 39.3 Å². The maximum absolute atomic E-state index is 12.2. The van der Waals surface area contributed by atoms with Crippen molar-refractivity contribution in [2.75, 3.05) is 0 Å². The monoisotopic (exact) mass is 356 g/mol. The van der Waals surface area contributed by atoms with Gasteiger partial charge in [0.1, 0.15) is 5.78 Å². The van der Waals surface area contributed by atoms with Crippen molar-refractivity contribution in [1.82, 2.24) is 0 Å². The number of aliphatic hydroxyl groups excluding tert-OH is 2. The molecule has 0 heterocycles. The van der Waals surface area contributed by atoms with Gasteiger partial charge in [-0.25, -0.2) is 0 Å². The molecule has 3 N–H and O–H groups in total. The summed E-state index contributed by atoms with van der Waals surface area (Å²) in [5.41, 5.74) is 0. The molecule has 4 atom stereocenters. The fourth-order valence-corrected chi connectivity index (χ4v) is 3.94. The molecule has 2 unspecified atom stereocenters. The van der Waals surface area contributed by atoms with Gasteiger partial charge in [-0.15, -0.1) is 0 Å². The Bertz CT molecular complexity index is 396. The third kappa shape index (κ3) is 8.82. The number of aliphatic hydroxyl groups is 2. The highest BCUT2D eigenvalue weighted by Gasteiger charge is 2.40. The van der Waals surface area contributed by atoms with Crippen LogP contribution in [0.3, 0.4) is 0 Å². The summed E-state index contributed by atoms with van der Waals surface area (Å²) in [6.07, 6.45) is 9.21. The maximum atomic E-state index is 12.2. The molecule has 0 bridgehead atoms. The van der Waals surface area contributed by atoms with Crippen molar-refractivity contribution in [3.63, 3.8) is 0 Å². The molecule has 0 saturated heterocycles. The molecule has 1 rings (SSSR count). The maximum Gasteiger partial charge on any atom is 0.303 e. The molecule has 25 heavy (non-hydrogen) atoms. The first-order valence-corrected chi connectivity index (χ1v) is 10.1. The third-order valence-electron chi connectivity index (χ3n) is 5.46. The largest absolute Gasteiger partial charge is 0.481 e. The zero-order valence-corrected chi connectivity index (χ0v) is 15.7. The van der Waals surface area contributed by atoms with Crippen molar-refractivity contribution in [2.45, 2.75) is 103 Å². The van der Waals surface area contributed by atoms with E-state index in [2.05, 4.69) is 6.92 Å². The molecule has 1 fully saturated rings. The van der Waals surface area contributed by atoms with E-state index >= 15 is 0 Å². The van der Waals surface area contributed by atoms with E-state index in [1.165, 1.54) is 0 Å². The van der Waals surface area contributed by atoms with E-state index in [9.17, 15) is 19.8 Å². The molecular formula is C20H36O5. The average Bonchev–Trinajstić information content (AvgIpc) is 2.82. The lowest BCUT2D eigenvalue weighted by molar-refractivity contribution is -0.137. The summed E-state index contributed by atoms with van der Waals surface area (Å²) in [6.45, 7) is 2.14. The topological polar surface area (TPSA) is 94.8 Å². The zero-order valence-electron chi connectivity index (χ0n) is 15.7. The van der Waals surface area contributed by atoms with Crippen molar-refractivity contribution in [1.29, 1.82) is 0 Å². The van der Waals surface area contributed by atoms with E-state index in [4.69, 9.17) is 5.11 Å². The number of rotatable bonds is 14. The second-order valence-corrected chi connectivity index (χ2v) is 7.58. The van der Waals surface area contributed by atoms with Crippen LogP contribution in [0.15, 0.2) is 0 Å². The summed E-state index contributed by atoms with van der Waals surface area (Å²) in [4.78, 5) is 22.6. The van der Waals surface area contributed by atoms with Gasteiger partial charge >= 0.3 is 5.97 Å². The highest BCUT2D eigenvalue weighted by Crippen LogP contribution is 2.36. The van der Waals surface area contributed by atoms with E-state index < -0.39 is 12.1 Å². The van der Waals surface area contributed by atoms with Gasteiger partial charge in [-0.3, -0.25) is 9.59 Å². The number of hydrogen-bond acceptors (Lipinski definition) is 4. The molecule has 146 valence electrons. The van der Waals surface area contributed by atoms with Crippen molar-refractivity contribution in [3.8, 4) is 0 Å². The van der Waals surface area contributed by atoms with Crippen LogP contribution in [0.1, 0.15) is 90.4 Å². The molecule has 5 heteroatoms. The van der Waals surface area contributed by atoms with Crippen LogP contribution in [0.2, 0.25) is 0 Å². The lowest BCUT2D eigenvalue weighted by Crippen LogP contribution is -2.22. The number of aliphatic carboxylic acids is 1. The van der Waals surface area contributed by atoms with Crippen LogP contribution >= 0.6 is 0 Å². The Morgan fingerprint density at radius 1 is 1.08 bits per heavy atom. The summed E-state index contributed by atoms with van der Waals surface area (Å²) in [5.74, 6) is -0.708. The van der Waals surface area contributed by atoms with Crippen LogP contribution in [0.5, 0.6) is 0 Å². The fourth-order valence-electron chi connectivity index (χ4n) is 3.94. The molecule has 1 aliphatic carbocycles. The third-order valence-corrected chi connectivity index (χ3v) is 5.46. The Balaban J connectivity index is 2.30. The second-order valence-electron chi connectivity index (χ2n) is 7.58. The number of carboxylic acids is 1. The number of carbonyl (C=O) groups is 2. The van der Waals surface area contributed by atoms with Gasteiger partial charge in [0.2, 0.25) is 0 Å². The lowest BCUT2D eigenvalue weighted by Gasteiger charge is -2.22. The van der Waals surface area contributed by atoms with Crippen molar-refractivity contribution < 1.29 is 24.9 Å². The Morgan fingerprint density at radius 3 is 2.48 bits per heavy atom. The molecule has 0 radical (unpaired) electrons. The van der Waals surface area contributed by atoms with E-state index in [0.29, 0.717) is 19.3 Å². The Morgan fingerprint density at radius 2 is 1.80 bits per heavy atom. The molecule has 0 amide bonds.